The minimum atomic E-state index is 1.14. The van der Waals surface area contributed by atoms with E-state index in [0.29, 0.717) is 0 Å². The molecule has 3 rings (SSSR count). The molecule has 0 amide bonds. The zero-order chi connectivity index (χ0) is 13.8. The van der Waals surface area contributed by atoms with Crippen molar-refractivity contribution in [1.29, 1.82) is 0 Å². The zero-order valence-electron chi connectivity index (χ0n) is 11.7. The maximum atomic E-state index is 2.29. The van der Waals surface area contributed by atoms with Crippen molar-refractivity contribution >= 4 is 27.5 Å². The number of thiophene rings is 1. The van der Waals surface area contributed by atoms with E-state index in [4.69, 9.17) is 0 Å². The third-order valence-corrected chi connectivity index (χ3v) is 4.55. The van der Waals surface area contributed by atoms with Gasteiger partial charge >= 0.3 is 0 Å². The molecule has 0 nitrogen and oxygen atoms in total. The van der Waals surface area contributed by atoms with Gasteiger partial charge in [-0.3, -0.25) is 0 Å². The number of fused-ring (bicyclic) bond motifs is 1. The summed E-state index contributed by atoms with van der Waals surface area (Å²) in [4.78, 5) is 1.37. The van der Waals surface area contributed by atoms with Gasteiger partial charge in [0.15, 0.2) is 0 Å². The molecule has 0 spiro atoms. The summed E-state index contributed by atoms with van der Waals surface area (Å²) in [6.07, 6.45) is 6.91. The first-order valence-electron chi connectivity index (χ1n) is 7.13. The number of rotatable bonds is 4. The number of benzene rings is 2. The number of allylic oxidation sites excluding steroid dienone is 1. The molecule has 2 aromatic carbocycles. The van der Waals surface area contributed by atoms with E-state index in [1.807, 2.05) is 11.3 Å². The van der Waals surface area contributed by atoms with Gasteiger partial charge in [-0.2, -0.15) is 0 Å². The first-order chi connectivity index (χ1) is 9.90. The van der Waals surface area contributed by atoms with Crippen molar-refractivity contribution in [2.24, 2.45) is 0 Å². The maximum absolute atomic E-state index is 2.29. The third kappa shape index (κ3) is 2.54. The molecule has 1 aromatic heterocycles. The van der Waals surface area contributed by atoms with Gasteiger partial charge in [-0.15, -0.1) is 11.3 Å². The Morgan fingerprint density at radius 1 is 0.950 bits per heavy atom. The minimum absolute atomic E-state index is 1.14. The van der Waals surface area contributed by atoms with E-state index in [2.05, 4.69) is 73.7 Å². The van der Waals surface area contributed by atoms with Crippen LogP contribution in [0.15, 0.2) is 60.7 Å². The van der Waals surface area contributed by atoms with Crippen LogP contribution in [0.3, 0.4) is 0 Å². The highest BCUT2D eigenvalue weighted by Gasteiger charge is 2.11. The van der Waals surface area contributed by atoms with Gasteiger partial charge in [0.05, 0.1) is 0 Å². The molecular formula is C19H18S. The molecule has 0 radical (unpaired) electrons. The lowest BCUT2D eigenvalue weighted by Gasteiger charge is -2.02. The van der Waals surface area contributed by atoms with Gasteiger partial charge in [0.1, 0.15) is 0 Å². The molecule has 0 fully saturated rings. The summed E-state index contributed by atoms with van der Waals surface area (Å²) < 4.78 is 1.36. The molecule has 100 valence electrons. The van der Waals surface area contributed by atoms with Crippen LogP contribution in [-0.2, 0) is 0 Å². The lowest BCUT2D eigenvalue weighted by atomic mass is 10.0. The average molecular weight is 278 g/mol. The van der Waals surface area contributed by atoms with Gasteiger partial charge in [-0.1, -0.05) is 68.0 Å². The van der Waals surface area contributed by atoms with Crippen molar-refractivity contribution in [2.75, 3.05) is 0 Å². The SMILES string of the molecule is CCC/C=C/c1sc2ccccc2c1-c1ccccc1. The predicted molar refractivity (Wildman–Crippen MR) is 91.2 cm³/mol. The van der Waals surface area contributed by atoms with Crippen LogP contribution in [0.5, 0.6) is 0 Å². The topological polar surface area (TPSA) is 0 Å². The second-order valence-electron chi connectivity index (χ2n) is 4.89. The Bertz CT molecular complexity index is 720. The van der Waals surface area contributed by atoms with Gasteiger partial charge in [0.25, 0.3) is 0 Å². The molecule has 0 saturated carbocycles. The molecule has 1 heteroatoms. The molecule has 3 aromatic rings. The second kappa shape index (κ2) is 6.06. The van der Waals surface area contributed by atoms with Gasteiger partial charge in [-0.25, -0.2) is 0 Å². The van der Waals surface area contributed by atoms with Crippen molar-refractivity contribution in [2.45, 2.75) is 19.8 Å². The van der Waals surface area contributed by atoms with Crippen LogP contribution in [0.25, 0.3) is 27.3 Å². The largest absolute Gasteiger partial charge is 0.135 e. The molecule has 20 heavy (non-hydrogen) atoms. The standard InChI is InChI=1S/C19H18S/c1-2-3-5-14-18-19(15-10-6-4-7-11-15)16-12-8-9-13-17(16)20-18/h4-14H,2-3H2,1H3/b14-5+. The summed E-state index contributed by atoms with van der Waals surface area (Å²) in [7, 11) is 0. The number of hydrogen-bond donors (Lipinski definition) is 0. The normalized spacial score (nSPS) is 11.4. The summed E-state index contributed by atoms with van der Waals surface area (Å²) in [5, 5.41) is 1.36. The van der Waals surface area contributed by atoms with E-state index in [0.717, 1.165) is 6.42 Å². The highest BCUT2D eigenvalue weighted by atomic mass is 32.1. The smallest absolute Gasteiger partial charge is 0.0358 e. The Balaban J connectivity index is 2.18. The lowest BCUT2D eigenvalue weighted by Crippen LogP contribution is -1.77. The third-order valence-electron chi connectivity index (χ3n) is 3.41. The van der Waals surface area contributed by atoms with Gasteiger partial charge in [-0.05, 0) is 24.1 Å². The summed E-state index contributed by atoms with van der Waals surface area (Å²) >= 11 is 1.88. The molecule has 0 aliphatic carbocycles. The van der Waals surface area contributed by atoms with E-state index < -0.39 is 0 Å². The molecular weight excluding hydrogens is 260 g/mol. The molecule has 0 atom stereocenters. The van der Waals surface area contributed by atoms with Crippen LogP contribution in [0.2, 0.25) is 0 Å². The fourth-order valence-electron chi connectivity index (χ4n) is 2.44. The van der Waals surface area contributed by atoms with Gasteiger partial charge < -0.3 is 0 Å². The first kappa shape index (κ1) is 13.1. The van der Waals surface area contributed by atoms with Crippen LogP contribution in [0.1, 0.15) is 24.6 Å². The van der Waals surface area contributed by atoms with Crippen molar-refractivity contribution in [3.63, 3.8) is 0 Å². The van der Waals surface area contributed by atoms with E-state index in [1.54, 1.807) is 0 Å². The summed E-state index contributed by atoms with van der Waals surface area (Å²) in [5.74, 6) is 0. The van der Waals surface area contributed by atoms with Crippen LogP contribution in [-0.4, -0.2) is 0 Å². The summed E-state index contributed by atoms with van der Waals surface area (Å²) in [6, 6.07) is 19.4. The van der Waals surface area contributed by atoms with Crippen LogP contribution in [0, 0.1) is 0 Å². The number of unbranched alkanes of at least 4 members (excludes halogenated alkanes) is 1. The molecule has 1 heterocycles. The lowest BCUT2D eigenvalue weighted by molar-refractivity contribution is 0.962. The van der Waals surface area contributed by atoms with Crippen molar-refractivity contribution in [3.05, 3.63) is 65.6 Å². The zero-order valence-corrected chi connectivity index (χ0v) is 12.5. The van der Waals surface area contributed by atoms with Gasteiger partial charge in [0, 0.05) is 20.5 Å². The maximum Gasteiger partial charge on any atom is 0.0358 e. The Labute approximate surface area is 124 Å². The average Bonchev–Trinajstić information content (AvgIpc) is 2.86. The molecule has 0 saturated heterocycles. The monoisotopic (exact) mass is 278 g/mol. The number of hydrogen-bond acceptors (Lipinski definition) is 1. The van der Waals surface area contributed by atoms with E-state index in [9.17, 15) is 0 Å². The van der Waals surface area contributed by atoms with Crippen LogP contribution >= 0.6 is 11.3 Å². The van der Waals surface area contributed by atoms with E-state index >= 15 is 0 Å². The second-order valence-corrected chi connectivity index (χ2v) is 5.98. The molecule has 0 aliphatic rings. The van der Waals surface area contributed by atoms with E-state index in [1.165, 1.54) is 32.5 Å². The Morgan fingerprint density at radius 2 is 1.70 bits per heavy atom. The molecule has 0 unspecified atom stereocenters. The minimum Gasteiger partial charge on any atom is -0.135 e. The summed E-state index contributed by atoms with van der Waals surface area (Å²) in [6.45, 7) is 2.22. The fourth-order valence-corrected chi connectivity index (χ4v) is 3.60. The van der Waals surface area contributed by atoms with Gasteiger partial charge in [0.2, 0.25) is 0 Å². The highest BCUT2D eigenvalue weighted by molar-refractivity contribution is 7.20. The van der Waals surface area contributed by atoms with Crippen LogP contribution in [0.4, 0.5) is 0 Å². The van der Waals surface area contributed by atoms with E-state index in [-0.39, 0.29) is 0 Å². The van der Waals surface area contributed by atoms with Crippen LogP contribution < -0.4 is 0 Å². The first-order valence-corrected chi connectivity index (χ1v) is 7.95. The fraction of sp³-hybridized carbons (Fsp3) is 0.158. The molecule has 0 aliphatic heterocycles. The summed E-state index contributed by atoms with van der Waals surface area (Å²) in [5.41, 5.74) is 2.68. The Morgan fingerprint density at radius 3 is 2.50 bits per heavy atom. The van der Waals surface area contributed by atoms with Crippen molar-refractivity contribution in [3.8, 4) is 11.1 Å². The molecule has 0 bridgehead atoms. The Kier molecular flexibility index (Phi) is 3.98. The Hall–Kier alpha value is -1.86. The highest BCUT2D eigenvalue weighted by Crippen LogP contribution is 2.39. The molecule has 0 N–H and O–H groups in total. The quantitative estimate of drug-likeness (QED) is 0.519. The predicted octanol–water partition coefficient (Wildman–Crippen LogP) is 6.38. The van der Waals surface area contributed by atoms with Crippen molar-refractivity contribution < 1.29 is 0 Å². The van der Waals surface area contributed by atoms with Crippen molar-refractivity contribution in [1.82, 2.24) is 0 Å².